The first-order chi connectivity index (χ1) is 16.1. The van der Waals surface area contributed by atoms with Crippen LogP contribution in [-0.2, 0) is 12.7 Å². The number of nitrogens with one attached hydrogen (secondary N) is 1. The number of rotatable bonds is 5. The minimum absolute atomic E-state index is 0.213. The average molecular weight is 497 g/mol. The molecule has 2 fully saturated rings. The Bertz CT molecular complexity index is 1030. The van der Waals surface area contributed by atoms with E-state index < -0.39 is 17.8 Å². The molecule has 4 nitrogen and oxygen atoms in total. The van der Waals surface area contributed by atoms with Gasteiger partial charge in [0.25, 0.3) is 5.91 Å². The molecule has 8 heteroatoms. The van der Waals surface area contributed by atoms with Crippen molar-refractivity contribution >= 4 is 17.5 Å². The van der Waals surface area contributed by atoms with Crippen LogP contribution in [0.3, 0.4) is 0 Å². The topological polar surface area (TPSA) is 54.3 Å². The van der Waals surface area contributed by atoms with Gasteiger partial charge in [0.05, 0.1) is 29.0 Å². The molecule has 2 saturated carbocycles. The molecule has 1 aromatic heterocycles. The maximum Gasteiger partial charge on any atom is 0.416 e. The summed E-state index contributed by atoms with van der Waals surface area (Å²) in [6.45, 7) is 2.47. The number of carbonyl (C=O) groups is 1. The third-order valence-electron chi connectivity index (χ3n) is 7.39. The van der Waals surface area contributed by atoms with Gasteiger partial charge < -0.3 is 15.0 Å². The summed E-state index contributed by atoms with van der Waals surface area (Å²) >= 11 is 6.40. The Labute approximate surface area is 203 Å². The van der Waals surface area contributed by atoms with Gasteiger partial charge in [-0.2, -0.15) is 13.2 Å². The molecule has 2 aliphatic carbocycles. The zero-order valence-corrected chi connectivity index (χ0v) is 20.2. The van der Waals surface area contributed by atoms with Crippen molar-refractivity contribution in [2.24, 2.45) is 5.92 Å². The lowest BCUT2D eigenvalue weighted by Crippen LogP contribution is -2.45. The summed E-state index contributed by atoms with van der Waals surface area (Å²) < 4.78 is 42.3. The van der Waals surface area contributed by atoms with Crippen LogP contribution in [0.1, 0.15) is 79.4 Å². The van der Waals surface area contributed by atoms with E-state index in [-0.39, 0.29) is 22.5 Å². The van der Waals surface area contributed by atoms with Gasteiger partial charge in [-0.25, -0.2) is 0 Å². The number of halogens is 4. The number of benzene rings is 1. The molecule has 0 saturated heterocycles. The average Bonchev–Trinajstić information content (AvgIpc) is 3.11. The van der Waals surface area contributed by atoms with Gasteiger partial charge in [0.1, 0.15) is 0 Å². The lowest BCUT2D eigenvalue weighted by atomic mass is 9.89. The van der Waals surface area contributed by atoms with Crippen molar-refractivity contribution in [1.82, 2.24) is 9.88 Å². The van der Waals surface area contributed by atoms with E-state index in [1.54, 1.807) is 6.07 Å². The number of aromatic nitrogens is 1. The molecule has 4 rings (SSSR count). The standard InChI is InChI=1S/C26H32ClF3N2O2/c1-16-19(25(34)31-22-9-5-6-10-24(22)33)14-23(32(16)15-17-7-3-2-4-8-17)20-13-18(26(28,29)30)11-12-21(20)27/h11-14,17,22,24,33H,2-10,15H2,1H3,(H,31,34)/t22-,24-/m0/s1. The van der Waals surface area contributed by atoms with Crippen LogP contribution in [0.25, 0.3) is 11.3 Å². The molecule has 0 radical (unpaired) electrons. The molecular formula is C26H32ClF3N2O2. The van der Waals surface area contributed by atoms with Crippen LogP contribution in [0.15, 0.2) is 24.3 Å². The molecule has 1 amide bonds. The van der Waals surface area contributed by atoms with Crippen molar-refractivity contribution in [3.05, 3.63) is 46.1 Å². The maximum absolute atomic E-state index is 13.5. The van der Waals surface area contributed by atoms with Crippen LogP contribution < -0.4 is 5.32 Å². The Morgan fingerprint density at radius 1 is 1.09 bits per heavy atom. The highest BCUT2D eigenvalue weighted by atomic mass is 35.5. The van der Waals surface area contributed by atoms with Gasteiger partial charge in [0, 0.05) is 22.8 Å². The van der Waals surface area contributed by atoms with E-state index in [0.29, 0.717) is 42.3 Å². The first-order valence-electron chi connectivity index (χ1n) is 12.2. The van der Waals surface area contributed by atoms with Crippen molar-refractivity contribution in [2.75, 3.05) is 0 Å². The Balaban J connectivity index is 1.73. The third kappa shape index (κ3) is 5.46. The lowest BCUT2D eigenvalue weighted by molar-refractivity contribution is -0.137. The fourth-order valence-electron chi connectivity index (χ4n) is 5.39. The normalized spacial score (nSPS) is 22.1. The number of aliphatic hydroxyl groups is 1. The van der Waals surface area contributed by atoms with E-state index in [4.69, 9.17) is 11.6 Å². The highest BCUT2D eigenvalue weighted by Gasteiger charge is 2.32. The van der Waals surface area contributed by atoms with Crippen molar-refractivity contribution in [3.8, 4) is 11.3 Å². The number of carbonyl (C=O) groups excluding carboxylic acids is 1. The van der Waals surface area contributed by atoms with Crippen LogP contribution in [0.5, 0.6) is 0 Å². The van der Waals surface area contributed by atoms with Gasteiger partial charge >= 0.3 is 6.18 Å². The smallest absolute Gasteiger partial charge is 0.391 e. The monoisotopic (exact) mass is 496 g/mol. The van der Waals surface area contributed by atoms with Gasteiger partial charge in [-0.1, -0.05) is 43.7 Å². The van der Waals surface area contributed by atoms with Crippen LogP contribution in [0.4, 0.5) is 13.2 Å². The van der Waals surface area contributed by atoms with Crippen molar-refractivity contribution in [2.45, 2.75) is 89.6 Å². The summed E-state index contributed by atoms with van der Waals surface area (Å²) in [7, 11) is 0. The molecule has 2 aliphatic rings. The summed E-state index contributed by atoms with van der Waals surface area (Å²) in [4.78, 5) is 13.2. The van der Waals surface area contributed by atoms with Crippen molar-refractivity contribution in [3.63, 3.8) is 0 Å². The molecule has 2 atom stereocenters. The fraction of sp³-hybridized carbons (Fsp3) is 0.577. The minimum Gasteiger partial charge on any atom is -0.391 e. The van der Waals surface area contributed by atoms with Crippen LogP contribution >= 0.6 is 11.6 Å². The maximum atomic E-state index is 13.5. The highest BCUT2D eigenvalue weighted by Crippen LogP contribution is 2.38. The number of amides is 1. The summed E-state index contributed by atoms with van der Waals surface area (Å²) in [6, 6.07) is 4.66. The summed E-state index contributed by atoms with van der Waals surface area (Å²) in [5.41, 5.74) is 1.14. The number of hydrogen-bond acceptors (Lipinski definition) is 2. The van der Waals surface area contributed by atoms with Crippen LogP contribution in [-0.4, -0.2) is 27.7 Å². The zero-order valence-electron chi connectivity index (χ0n) is 19.4. The molecule has 0 unspecified atom stereocenters. The SMILES string of the molecule is Cc1c(C(=O)N[C@H]2CCCC[C@@H]2O)cc(-c2cc(C(F)(F)F)ccc2Cl)n1CC1CCCCC1. The highest BCUT2D eigenvalue weighted by molar-refractivity contribution is 6.33. The van der Waals surface area contributed by atoms with E-state index >= 15 is 0 Å². The largest absolute Gasteiger partial charge is 0.416 e. The lowest BCUT2D eigenvalue weighted by Gasteiger charge is -2.28. The van der Waals surface area contributed by atoms with Gasteiger partial charge in [0.15, 0.2) is 0 Å². The second kappa shape index (κ2) is 10.3. The number of nitrogens with zero attached hydrogens (tertiary/aromatic N) is 1. The molecule has 0 aliphatic heterocycles. The Kier molecular flexibility index (Phi) is 7.63. The van der Waals surface area contributed by atoms with Gasteiger partial charge in [-0.05, 0) is 62.8 Å². The van der Waals surface area contributed by atoms with Crippen LogP contribution in [0, 0.1) is 12.8 Å². The predicted molar refractivity (Wildman–Crippen MR) is 127 cm³/mol. The quantitative estimate of drug-likeness (QED) is 0.481. The first-order valence-corrected chi connectivity index (χ1v) is 12.6. The number of aliphatic hydroxyl groups excluding tert-OH is 1. The van der Waals surface area contributed by atoms with E-state index in [2.05, 4.69) is 5.32 Å². The molecule has 2 N–H and O–H groups in total. The van der Waals surface area contributed by atoms with Crippen LogP contribution in [0.2, 0.25) is 5.02 Å². The van der Waals surface area contributed by atoms with Gasteiger partial charge in [-0.3, -0.25) is 4.79 Å². The second-order valence-corrected chi connectivity index (χ2v) is 10.2. The molecule has 2 aromatic rings. The Morgan fingerprint density at radius 2 is 1.76 bits per heavy atom. The number of alkyl halides is 3. The molecule has 1 aromatic carbocycles. The molecular weight excluding hydrogens is 465 g/mol. The van der Waals surface area contributed by atoms with Crippen molar-refractivity contribution in [1.29, 1.82) is 0 Å². The fourth-order valence-corrected chi connectivity index (χ4v) is 5.60. The Morgan fingerprint density at radius 3 is 2.44 bits per heavy atom. The summed E-state index contributed by atoms with van der Waals surface area (Å²) in [6.07, 6.45) is 3.74. The van der Waals surface area contributed by atoms with E-state index in [1.807, 2.05) is 11.5 Å². The molecule has 0 bridgehead atoms. The predicted octanol–water partition coefficient (Wildman–Crippen LogP) is 6.75. The molecule has 1 heterocycles. The minimum atomic E-state index is -4.49. The number of hydrogen-bond donors (Lipinski definition) is 2. The van der Waals surface area contributed by atoms with Gasteiger partial charge in [-0.15, -0.1) is 0 Å². The molecule has 0 spiro atoms. The summed E-state index contributed by atoms with van der Waals surface area (Å²) in [5.74, 6) is 0.0921. The zero-order chi connectivity index (χ0) is 24.5. The van der Waals surface area contributed by atoms with E-state index in [9.17, 15) is 23.1 Å². The molecule has 186 valence electrons. The Hall–Kier alpha value is -1.99. The molecule has 34 heavy (non-hydrogen) atoms. The first kappa shape index (κ1) is 25.1. The van der Waals surface area contributed by atoms with Gasteiger partial charge in [0.2, 0.25) is 0 Å². The third-order valence-corrected chi connectivity index (χ3v) is 7.72. The van der Waals surface area contributed by atoms with E-state index in [1.165, 1.54) is 12.5 Å². The van der Waals surface area contributed by atoms with Crippen molar-refractivity contribution < 1.29 is 23.1 Å². The summed E-state index contributed by atoms with van der Waals surface area (Å²) in [5, 5.41) is 13.5. The second-order valence-electron chi connectivity index (χ2n) is 9.77. The van der Waals surface area contributed by atoms with E-state index in [0.717, 1.165) is 50.7 Å².